The zero-order valence-corrected chi connectivity index (χ0v) is 10.8. The lowest BCUT2D eigenvalue weighted by molar-refractivity contribution is 0.208. The van der Waals surface area contributed by atoms with E-state index in [1.165, 1.54) is 0 Å². The molecule has 0 saturated carbocycles. The molecule has 1 aromatic heterocycles. The Hall–Kier alpha value is -0.610. The van der Waals surface area contributed by atoms with Gasteiger partial charge >= 0.3 is 7.60 Å². The van der Waals surface area contributed by atoms with E-state index in [0.717, 1.165) is 5.69 Å². The van der Waals surface area contributed by atoms with Crippen molar-refractivity contribution < 1.29 is 13.6 Å². The van der Waals surface area contributed by atoms with Gasteiger partial charge in [0.2, 0.25) is 0 Å². The second kappa shape index (κ2) is 6.21. The second-order valence-electron chi connectivity index (χ2n) is 3.19. The summed E-state index contributed by atoms with van der Waals surface area (Å²) >= 11 is 0. The summed E-state index contributed by atoms with van der Waals surface area (Å²) in [5, 5.41) is 2.97. The van der Waals surface area contributed by atoms with Crippen LogP contribution in [0, 0.1) is 0 Å². The van der Waals surface area contributed by atoms with E-state index in [1.807, 2.05) is 12.1 Å². The van der Waals surface area contributed by atoms with Gasteiger partial charge in [-0.05, 0) is 33.0 Å². The minimum absolute atomic E-state index is 0.357. The minimum atomic E-state index is -3.16. The summed E-state index contributed by atoms with van der Waals surface area (Å²) in [7, 11) is -1.43. The summed E-state index contributed by atoms with van der Waals surface area (Å²) in [4.78, 5) is 3.02. The van der Waals surface area contributed by atoms with Gasteiger partial charge in [0, 0.05) is 11.9 Å². The highest BCUT2D eigenvalue weighted by atomic mass is 31.2. The van der Waals surface area contributed by atoms with Crippen molar-refractivity contribution in [3.05, 3.63) is 24.0 Å². The predicted octanol–water partition coefficient (Wildman–Crippen LogP) is 2.50. The Bertz CT molecular complexity index is 330. The van der Waals surface area contributed by atoms with Gasteiger partial charge in [0.15, 0.2) is 5.78 Å². The predicted molar refractivity (Wildman–Crippen MR) is 63.5 cm³/mol. The Kier molecular flexibility index (Phi) is 5.22. The van der Waals surface area contributed by atoms with Crippen molar-refractivity contribution in [1.82, 2.24) is 10.3 Å². The normalized spacial score (nSPS) is 13.9. The first-order valence-corrected chi connectivity index (χ1v) is 6.98. The van der Waals surface area contributed by atoms with Crippen molar-refractivity contribution >= 4 is 7.60 Å². The summed E-state index contributed by atoms with van der Waals surface area (Å²) in [6, 6.07) is 3.70. The summed E-state index contributed by atoms with van der Waals surface area (Å²) in [6.45, 7) is 4.31. The molecular formula is C10H19N2O3P. The van der Waals surface area contributed by atoms with E-state index in [1.54, 1.807) is 27.1 Å². The maximum Gasteiger partial charge on any atom is 0.353 e. The fourth-order valence-electron chi connectivity index (χ4n) is 1.54. The fourth-order valence-corrected chi connectivity index (χ4v) is 3.45. The second-order valence-corrected chi connectivity index (χ2v) is 5.30. The van der Waals surface area contributed by atoms with Crippen LogP contribution in [0.3, 0.4) is 0 Å². The lowest BCUT2D eigenvalue weighted by atomic mass is 10.4. The van der Waals surface area contributed by atoms with Crippen molar-refractivity contribution in [2.24, 2.45) is 0 Å². The highest BCUT2D eigenvalue weighted by molar-refractivity contribution is 7.54. The van der Waals surface area contributed by atoms with Gasteiger partial charge in [0.05, 0.1) is 13.2 Å². The number of aromatic nitrogens is 1. The van der Waals surface area contributed by atoms with E-state index in [0.29, 0.717) is 13.2 Å². The van der Waals surface area contributed by atoms with E-state index in [4.69, 9.17) is 9.05 Å². The third kappa shape index (κ3) is 2.95. The Labute approximate surface area is 96.1 Å². The Morgan fingerprint density at radius 2 is 2.06 bits per heavy atom. The quantitative estimate of drug-likeness (QED) is 0.725. The average molecular weight is 246 g/mol. The number of hydrogen-bond donors (Lipinski definition) is 2. The zero-order valence-electron chi connectivity index (χ0n) is 9.90. The summed E-state index contributed by atoms with van der Waals surface area (Å²) in [5.41, 5.74) is 0.799. The van der Waals surface area contributed by atoms with Gasteiger partial charge in [-0.1, -0.05) is 0 Å². The van der Waals surface area contributed by atoms with E-state index < -0.39 is 13.4 Å². The highest BCUT2D eigenvalue weighted by Gasteiger charge is 2.36. The van der Waals surface area contributed by atoms with Crippen LogP contribution in [0.4, 0.5) is 0 Å². The van der Waals surface area contributed by atoms with Crippen molar-refractivity contribution in [3.63, 3.8) is 0 Å². The van der Waals surface area contributed by atoms with Crippen molar-refractivity contribution in [2.45, 2.75) is 19.6 Å². The summed E-state index contributed by atoms with van der Waals surface area (Å²) < 4.78 is 23.1. The molecule has 0 radical (unpaired) electrons. The molecular weight excluding hydrogens is 227 g/mol. The SMILES string of the molecule is CCOP(=O)(OCC)C(NC)c1ccc[nH]1. The molecule has 0 aliphatic carbocycles. The largest absolute Gasteiger partial charge is 0.363 e. The maximum absolute atomic E-state index is 12.5. The Morgan fingerprint density at radius 1 is 1.44 bits per heavy atom. The molecule has 1 atom stereocenters. The third-order valence-electron chi connectivity index (χ3n) is 2.12. The van der Waals surface area contributed by atoms with Gasteiger partial charge in [-0.25, -0.2) is 0 Å². The van der Waals surface area contributed by atoms with Crippen LogP contribution in [0.1, 0.15) is 25.3 Å². The number of rotatable bonds is 7. The molecule has 0 amide bonds. The maximum atomic E-state index is 12.5. The molecule has 0 aliphatic heterocycles. The Balaban J connectivity index is 2.94. The fraction of sp³-hybridized carbons (Fsp3) is 0.600. The Morgan fingerprint density at radius 3 is 2.44 bits per heavy atom. The van der Waals surface area contributed by atoms with Crippen LogP contribution in [0.2, 0.25) is 0 Å². The number of H-pyrrole nitrogens is 1. The molecule has 1 aromatic rings. The molecule has 5 nitrogen and oxygen atoms in total. The molecule has 92 valence electrons. The first-order valence-electron chi connectivity index (χ1n) is 5.37. The lowest BCUT2D eigenvalue weighted by Gasteiger charge is -2.25. The molecule has 0 bridgehead atoms. The zero-order chi connectivity index (χ0) is 12.0. The summed E-state index contributed by atoms with van der Waals surface area (Å²) in [6.07, 6.45) is 1.78. The highest BCUT2D eigenvalue weighted by Crippen LogP contribution is 2.58. The number of nitrogens with one attached hydrogen (secondary N) is 2. The molecule has 0 spiro atoms. The van der Waals surface area contributed by atoms with Gasteiger partial charge in [0.1, 0.15) is 0 Å². The van der Waals surface area contributed by atoms with Gasteiger partial charge in [-0.3, -0.25) is 4.57 Å². The van der Waals surface area contributed by atoms with Gasteiger partial charge in [0.25, 0.3) is 0 Å². The van der Waals surface area contributed by atoms with Crippen LogP contribution < -0.4 is 5.32 Å². The first-order chi connectivity index (χ1) is 7.68. The van der Waals surface area contributed by atoms with Crippen molar-refractivity contribution in [2.75, 3.05) is 20.3 Å². The van der Waals surface area contributed by atoms with Gasteiger partial charge < -0.3 is 19.3 Å². The molecule has 0 aliphatic rings. The number of aromatic amines is 1. The van der Waals surface area contributed by atoms with E-state index in [9.17, 15) is 4.57 Å². The minimum Gasteiger partial charge on any atom is -0.363 e. The van der Waals surface area contributed by atoms with Crippen molar-refractivity contribution in [1.29, 1.82) is 0 Å². The lowest BCUT2D eigenvalue weighted by Crippen LogP contribution is -2.19. The molecule has 16 heavy (non-hydrogen) atoms. The molecule has 1 heterocycles. The molecule has 0 fully saturated rings. The monoisotopic (exact) mass is 246 g/mol. The van der Waals surface area contributed by atoms with Crippen LogP contribution >= 0.6 is 7.60 Å². The van der Waals surface area contributed by atoms with Crippen LogP contribution in [0.25, 0.3) is 0 Å². The molecule has 6 heteroatoms. The molecule has 0 saturated heterocycles. The van der Waals surface area contributed by atoms with Crippen LogP contribution in [0.15, 0.2) is 18.3 Å². The molecule has 1 unspecified atom stereocenters. The number of hydrogen-bond acceptors (Lipinski definition) is 4. The summed E-state index contributed by atoms with van der Waals surface area (Å²) in [5.74, 6) is -0.456. The molecule has 0 aromatic carbocycles. The van der Waals surface area contributed by atoms with E-state index in [-0.39, 0.29) is 0 Å². The third-order valence-corrected chi connectivity index (χ3v) is 4.53. The van der Waals surface area contributed by atoms with E-state index >= 15 is 0 Å². The van der Waals surface area contributed by atoms with E-state index in [2.05, 4.69) is 10.3 Å². The standard InChI is InChI=1S/C10H19N2O3P/c1-4-14-16(13,15-5-2)10(11-3)9-7-6-8-12-9/h6-8,10-12H,4-5H2,1-3H3. The molecule has 2 N–H and O–H groups in total. The smallest absolute Gasteiger partial charge is 0.353 e. The van der Waals surface area contributed by atoms with Crippen LogP contribution in [0.5, 0.6) is 0 Å². The first kappa shape index (κ1) is 13.5. The van der Waals surface area contributed by atoms with Crippen LogP contribution in [-0.4, -0.2) is 25.2 Å². The van der Waals surface area contributed by atoms with Crippen LogP contribution in [-0.2, 0) is 13.6 Å². The van der Waals surface area contributed by atoms with Gasteiger partial charge in [-0.2, -0.15) is 0 Å². The van der Waals surface area contributed by atoms with Crippen molar-refractivity contribution in [3.8, 4) is 0 Å². The molecule has 1 rings (SSSR count). The topological polar surface area (TPSA) is 63.4 Å². The van der Waals surface area contributed by atoms with Gasteiger partial charge in [-0.15, -0.1) is 0 Å². The average Bonchev–Trinajstić information content (AvgIpc) is 2.72.